The fourth-order valence-electron chi connectivity index (χ4n) is 2.56. The first kappa shape index (κ1) is 18.5. The lowest BCUT2D eigenvalue weighted by Gasteiger charge is -2.17. The third-order valence-electron chi connectivity index (χ3n) is 3.88. The number of rotatable bonds is 8. The maximum atomic E-state index is 12.6. The number of hydrogen-bond acceptors (Lipinski definition) is 5. The molecule has 2 aromatic heterocycles. The van der Waals surface area contributed by atoms with Crippen LogP contribution in [0, 0.1) is 0 Å². The molecule has 0 aliphatic carbocycles. The Hall–Kier alpha value is -2.25. The standard InChI is InChI=1S/C18H19ClN4O2S/c1-26-11-8-15(23-9-4-5-10-23)18(24)20-12-16-21-17(22-25-16)13-6-2-3-7-14(13)19/h2-7,9-10,15H,8,11-12H2,1H3,(H,20,24)/t15-/m1/s1. The van der Waals surface area contributed by atoms with Gasteiger partial charge in [-0.1, -0.05) is 28.9 Å². The Morgan fingerprint density at radius 2 is 2.08 bits per heavy atom. The first-order valence-electron chi connectivity index (χ1n) is 8.15. The quantitative estimate of drug-likeness (QED) is 0.633. The van der Waals surface area contributed by atoms with E-state index >= 15 is 0 Å². The van der Waals surface area contributed by atoms with Gasteiger partial charge >= 0.3 is 0 Å². The first-order chi connectivity index (χ1) is 12.7. The average molecular weight is 391 g/mol. The summed E-state index contributed by atoms with van der Waals surface area (Å²) in [6.45, 7) is 0.174. The molecule has 0 spiro atoms. The van der Waals surface area contributed by atoms with E-state index in [0.29, 0.717) is 22.3 Å². The number of aromatic nitrogens is 3. The van der Waals surface area contributed by atoms with Crippen LogP contribution in [-0.2, 0) is 11.3 Å². The van der Waals surface area contributed by atoms with Crippen LogP contribution in [0.4, 0.5) is 0 Å². The minimum absolute atomic E-state index is 0.0762. The molecule has 6 nitrogen and oxygen atoms in total. The Bertz CT molecular complexity index is 851. The summed E-state index contributed by atoms with van der Waals surface area (Å²) in [5.74, 6) is 1.56. The van der Waals surface area contributed by atoms with E-state index in [-0.39, 0.29) is 18.5 Å². The zero-order valence-corrected chi connectivity index (χ0v) is 15.8. The van der Waals surface area contributed by atoms with Crippen LogP contribution in [0.25, 0.3) is 11.4 Å². The van der Waals surface area contributed by atoms with Gasteiger partial charge < -0.3 is 14.4 Å². The van der Waals surface area contributed by atoms with Crippen molar-refractivity contribution in [3.8, 4) is 11.4 Å². The van der Waals surface area contributed by atoms with Gasteiger partial charge in [-0.15, -0.1) is 0 Å². The summed E-state index contributed by atoms with van der Waals surface area (Å²) < 4.78 is 7.14. The van der Waals surface area contributed by atoms with Crippen LogP contribution in [0.1, 0.15) is 18.4 Å². The second-order valence-corrected chi connectivity index (χ2v) is 7.03. The largest absolute Gasteiger partial charge is 0.345 e. The van der Waals surface area contributed by atoms with Gasteiger partial charge in [-0.25, -0.2) is 0 Å². The summed E-state index contributed by atoms with van der Waals surface area (Å²) in [7, 11) is 0. The highest BCUT2D eigenvalue weighted by Crippen LogP contribution is 2.24. The molecular weight excluding hydrogens is 372 g/mol. The molecule has 0 saturated carbocycles. The number of nitrogens with zero attached hydrogens (tertiary/aromatic N) is 3. The molecule has 3 rings (SSSR count). The Balaban J connectivity index is 1.64. The number of benzene rings is 1. The van der Waals surface area contributed by atoms with E-state index in [9.17, 15) is 4.79 Å². The topological polar surface area (TPSA) is 73.0 Å². The van der Waals surface area contributed by atoms with Crippen molar-refractivity contribution in [3.63, 3.8) is 0 Å². The molecule has 0 bridgehead atoms. The molecule has 136 valence electrons. The second kappa shape index (κ2) is 8.91. The highest BCUT2D eigenvalue weighted by molar-refractivity contribution is 7.98. The zero-order valence-electron chi connectivity index (χ0n) is 14.3. The van der Waals surface area contributed by atoms with Gasteiger partial charge in [-0.3, -0.25) is 4.79 Å². The summed E-state index contributed by atoms with van der Waals surface area (Å²) in [5, 5.41) is 7.37. The molecule has 1 aromatic carbocycles. The number of carbonyl (C=O) groups is 1. The summed E-state index contributed by atoms with van der Waals surface area (Å²) in [4.78, 5) is 16.9. The maximum Gasteiger partial charge on any atom is 0.246 e. The number of carbonyl (C=O) groups excluding carboxylic acids is 1. The SMILES string of the molecule is CSCC[C@H](C(=O)NCc1nc(-c2ccccc2Cl)no1)n1cccc1. The van der Waals surface area contributed by atoms with Gasteiger partial charge in [0, 0.05) is 18.0 Å². The summed E-state index contributed by atoms with van der Waals surface area (Å²) in [6, 6.07) is 10.8. The van der Waals surface area contributed by atoms with E-state index < -0.39 is 0 Å². The summed E-state index contributed by atoms with van der Waals surface area (Å²) in [5.41, 5.74) is 0.695. The van der Waals surface area contributed by atoms with E-state index in [1.807, 2.05) is 53.5 Å². The fraction of sp³-hybridized carbons (Fsp3) is 0.278. The molecule has 2 heterocycles. The number of halogens is 1. The van der Waals surface area contributed by atoms with Crippen LogP contribution in [0.3, 0.4) is 0 Å². The molecular formula is C18H19ClN4O2S. The van der Waals surface area contributed by atoms with Crippen LogP contribution in [-0.4, -0.2) is 32.6 Å². The number of thioether (sulfide) groups is 1. The van der Waals surface area contributed by atoms with Gasteiger partial charge in [0.1, 0.15) is 6.04 Å². The van der Waals surface area contributed by atoms with Gasteiger partial charge in [-0.05, 0) is 42.7 Å². The minimum Gasteiger partial charge on any atom is -0.345 e. The highest BCUT2D eigenvalue weighted by atomic mass is 35.5. The van der Waals surface area contributed by atoms with Gasteiger partial charge in [0.25, 0.3) is 0 Å². The molecule has 0 aliphatic heterocycles. The third-order valence-corrected chi connectivity index (χ3v) is 4.86. The molecule has 8 heteroatoms. The van der Waals surface area contributed by atoms with Gasteiger partial charge in [0.15, 0.2) is 0 Å². The van der Waals surface area contributed by atoms with E-state index in [4.69, 9.17) is 16.1 Å². The first-order valence-corrected chi connectivity index (χ1v) is 9.93. The zero-order chi connectivity index (χ0) is 18.4. The van der Waals surface area contributed by atoms with Crippen molar-refractivity contribution >= 4 is 29.3 Å². The van der Waals surface area contributed by atoms with Crippen molar-refractivity contribution in [1.29, 1.82) is 0 Å². The van der Waals surface area contributed by atoms with Gasteiger partial charge in [0.2, 0.25) is 17.6 Å². The van der Waals surface area contributed by atoms with E-state index in [1.165, 1.54) is 0 Å². The Morgan fingerprint density at radius 3 is 2.81 bits per heavy atom. The number of amides is 1. The molecule has 26 heavy (non-hydrogen) atoms. The van der Waals surface area contributed by atoms with E-state index in [0.717, 1.165) is 12.2 Å². The average Bonchev–Trinajstić information content (AvgIpc) is 3.33. The number of nitrogens with one attached hydrogen (secondary N) is 1. The summed E-state index contributed by atoms with van der Waals surface area (Å²) >= 11 is 7.86. The van der Waals surface area contributed by atoms with Gasteiger partial charge in [-0.2, -0.15) is 16.7 Å². The van der Waals surface area contributed by atoms with E-state index in [1.54, 1.807) is 17.8 Å². The van der Waals surface area contributed by atoms with Crippen LogP contribution >= 0.6 is 23.4 Å². The normalized spacial score (nSPS) is 12.1. The maximum absolute atomic E-state index is 12.6. The molecule has 1 atom stereocenters. The fourth-order valence-corrected chi connectivity index (χ4v) is 3.24. The predicted octanol–water partition coefficient (Wildman–Crippen LogP) is 3.80. The molecule has 0 saturated heterocycles. The summed E-state index contributed by atoms with van der Waals surface area (Å²) in [6.07, 6.45) is 6.56. The van der Waals surface area contributed by atoms with E-state index in [2.05, 4.69) is 15.5 Å². The van der Waals surface area contributed by atoms with Crippen molar-refractivity contribution in [2.24, 2.45) is 0 Å². The Kier molecular flexibility index (Phi) is 6.35. The molecule has 1 amide bonds. The minimum atomic E-state index is -0.261. The lowest BCUT2D eigenvalue weighted by molar-refractivity contribution is -0.124. The van der Waals surface area contributed by atoms with Crippen LogP contribution in [0.5, 0.6) is 0 Å². The molecule has 0 radical (unpaired) electrons. The smallest absolute Gasteiger partial charge is 0.246 e. The van der Waals surface area contributed by atoms with Crippen molar-refractivity contribution in [1.82, 2.24) is 20.0 Å². The van der Waals surface area contributed by atoms with Crippen LogP contribution < -0.4 is 5.32 Å². The highest BCUT2D eigenvalue weighted by Gasteiger charge is 2.20. The Morgan fingerprint density at radius 1 is 1.31 bits per heavy atom. The van der Waals surface area contributed by atoms with Crippen molar-refractivity contribution in [3.05, 3.63) is 59.7 Å². The van der Waals surface area contributed by atoms with Crippen LogP contribution in [0.2, 0.25) is 5.02 Å². The van der Waals surface area contributed by atoms with Gasteiger partial charge in [0.05, 0.1) is 11.6 Å². The lowest BCUT2D eigenvalue weighted by atomic mass is 10.2. The molecule has 3 aromatic rings. The van der Waals surface area contributed by atoms with Crippen molar-refractivity contribution in [2.75, 3.05) is 12.0 Å². The third kappa shape index (κ3) is 4.47. The lowest BCUT2D eigenvalue weighted by Crippen LogP contribution is -2.32. The Labute approximate surface area is 160 Å². The monoisotopic (exact) mass is 390 g/mol. The van der Waals surface area contributed by atoms with Crippen molar-refractivity contribution < 1.29 is 9.32 Å². The molecule has 0 fully saturated rings. The predicted molar refractivity (Wildman–Crippen MR) is 103 cm³/mol. The van der Waals surface area contributed by atoms with Crippen LogP contribution in [0.15, 0.2) is 53.3 Å². The molecule has 0 unspecified atom stereocenters. The molecule has 0 aliphatic rings. The second-order valence-electron chi connectivity index (χ2n) is 5.64. The number of hydrogen-bond donors (Lipinski definition) is 1. The van der Waals surface area contributed by atoms with Crippen molar-refractivity contribution in [2.45, 2.75) is 19.0 Å². The molecule has 1 N–H and O–H groups in total.